The van der Waals surface area contributed by atoms with Gasteiger partial charge in [-0.25, -0.2) is 0 Å². The molecule has 0 aliphatic carbocycles. The van der Waals surface area contributed by atoms with Gasteiger partial charge in [-0.1, -0.05) is 30.3 Å². The number of nitrogens with zero attached hydrogens (tertiary/aromatic N) is 3. The molecule has 0 radical (unpaired) electrons. The number of hydrogen-bond acceptors (Lipinski definition) is 3. The lowest BCUT2D eigenvalue weighted by Gasteiger charge is -2.08. The van der Waals surface area contributed by atoms with Gasteiger partial charge in [0.2, 0.25) is 0 Å². The minimum atomic E-state index is 0.110. The lowest BCUT2D eigenvalue weighted by Crippen LogP contribution is -2.20. The maximum Gasteiger partial charge on any atom is 0.134 e. The van der Waals surface area contributed by atoms with E-state index in [0.29, 0.717) is 0 Å². The highest BCUT2D eigenvalue weighted by Gasteiger charge is 2.06. The largest absolute Gasteiger partial charge is 0.328 e. The molecule has 1 unspecified atom stereocenters. The Morgan fingerprint density at radius 1 is 1.31 bits per heavy atom. The maximum absolute atomic E-state index is 5.76. The van der Waals surface area contributed by atoms with Gasteiger partial charge in [0.25, 0.3) is 0 Å². The van der Waals surface area contributed by atoms with E-state index in [1.54, 1.807) is 6.33 Å². The van der Waals surface area contributed by atoms with E-state index in [-0.39, 0.29) is 6.04 Å². The molecular weight excluding hydrogens is 200 g/mol. The third-order valence-corrected chi connectivity index (χ3v) is 2.40. The molecule has 0 aliphatic rings. The van der Waals surface area contributed by atoms with Gasteiger partial charge in [-0.2, -0.15) is 0 Å². The van der Waals surface area contributed by atoms with Gasteiger partial charge in [0.15, 0.2) is 0 Å². The molecule has 1 atom stereocenters. The van der Waals surface area contributed by atoms with Gasteiger partial charge in [0.05, 0.1) is 6.54 Å². The average molecular weight is 216 g/mol. The molecule has 0 spiro atoms. The molecule has 1 aromatic carbocycles. The van der Waals surface area contributed by atoms with Crippen LogP contribution in [0.5, 0.6) is 0 Å². The first-order chi connectivity index (χ1) is 7.75. The summed E-state index contributed by atoms with van der Waals surface area (Å²) in [4.78, 5) is 0. The number of nitrogens with two attached hydrogens (primary N) is 1. The van der Waals surface area contributed by atoms with Crippen molar-refractivity contribution in [2.45, 2.75) is 25.9 Å². The van der Waals surface area contributed by atoms with E-state index in [1.807, 2.05) is 29.7 Å². The molecule has 0 saturated carbocycles. The van der Waals surface area contributed by atoms with Crippen molar-refractivity contribution in [2.75, 3.05) is 0 Å². The van der Waals surface area contributed by atoms with Crippen molar-refractivity contribution in [2.24, 2.45) is 5.73 Å². The summed E-state index contributed by atoms with van der Waals surface area (Å²) in [7, 11) is 0. The van der Waals surface area contributed by atoms with Crippen LogP contribution in [0, 0.1) is 0 Å². The zero-order valence-corrected chi connectivity index (χ0v) is 9.37. The van der Waals surface area contributed by atoms with Crippen LogP contribution in [0.25, 0.3) is 0 Å². The fraction of sp³-hybridized carbons (Fsp3) is 0.333. The smallest absolute Gasteiger partial charge is 0.134 e. The molecule has 0 saturated heterocycles. The first-order valence-electron chi connectivity index (χ1n) is 5.42. The van der Waals surface area contributed by atoms with E-state index < -0.39 is 0 Å². The molecular formula is C12H16N4. The molecule has 84 valence electrons. The van der Waals surface area contributed by atoms with Crippen molar-refractivity contribution in [3.63, 3.8) is 0 Å². The number of benzene rings is 1. The van der Waals surface area contributed by atoms with Gasteiger partial charge in [-0.15, -0.1) is 10.2 Å². The minimum absolute atomic E-state index is 0.110. The lowest BCUT2D eigenvalue weighted by atomic mass is 10.2. The maximum atomic E-state index is 5.76. The van der Waals surface area contributed by atoms with E-state index >= 15 is 0 Å². The quantitative estimate of drug-likeness (QED) is 0.836. The second-order valence-electron chi connectivity index (χ2n) is 4.04. The van der Waals surface area contributed by atoms with Crippen molar-refractivity contribution < 1.29 is 0 Å². The molecule has 0 amide bonds. The fourth-order valence-electron chi connectivity index (χ4n) is 1.64. The molecule has 2 aromatic rings. The van der Waals surface area contributed by atoms with E-state index in [9.17, 15) is 0 Å². The van der Waals surface area contributed by atoms with Crippen LogP contribution in [-0.2, 0) is 13.0 Å². The number of hydrogen-bond donors (Lipinski definition) is 1. The Labute approximate surface area is 95.1 Å². The SMILES string of the molecule is CC(N)Cc1nncn1Cc1ccccc1. The standard InChI is InChI=1S/C12H16N4/c1-10(13)7-12-15-14-9-16(12)8-11-5-3-2-4-6-11/h2-6,9-10H,7-8,13H2,1H3. The second kappa shape index (κ2) is 4.90. The highest BCUT2D eigenvalue weighted by Crippen LogP contribution is 2.05. The minimum Gasteiger partial charge on any atom is -0.328 e. The van der Waals surface area contributed by atoms with Crippen molar-refractivity contribution in [1.29, 1.82) is 0 Å². The van der Waals surface area contributed by atoms with Crippen LogP contribution >= 0.6 is 0 Å². The summed E-state index contributed by atoms with van der Waals surface area (Å²) in [6.07, 6.45) is 2.51. The van der Waals surface area contributed by atoms with Crippen LogP contribution in [0.4, 0.5) is 0 Å². The summed E-state index contributed by atoms with van der Waals surface area (Å²) in [5.74, 6) is 0.943. The Morgan fingerprint density at radius 2 is 2.06 bits per heavy atom. The Kier molecular flexibility index (Phi) is 3.31. The van der Waals surface area contributed by atoms with Crippen molar-refractivity contribution in [3.8, 4) is 0 Å². The third kappa shape index (κ3) is 2.67. The molecule has 4 nitrogen and oxygen atoms in total. The van der Waals surface area contributed by atoms with Gasteiger partial charge in [-0.3, -0.25) is 0 Å². The highest BCUT2D eigenvalue weighted by molar-refractivity contribution is 5.15. The summed E-state index contributed by atoms with van der Waals surface area (Å²) in [6.45, 7) is 2.78. The summed E-state index contributed by atoms with van der Waals surface area (Å²) in [5.41, 5.74) is 7.01. The molecule has 0 bridgehead atoms. The first-order valence-corrected chi connectivity index (χ1v) is 5.42. The fourth-order valence-corrected chi connectivity index (χ4v) is 1.64. The Hall–Kier alpha value is -1.68. The van der Waals surface area contributed by atoms with Crippen molar-refractivity contribution in [1.82, 2.24) is 14.8 Å². The van der Waals surface area contributed by atoms with Crippen LogP contribution in [0.3, 0.4) is 0 Å². The molecule has 4 heteroatoms. The lowest BCUT2D eigenvalue weighted by molar-refractivity contribution is 0.648. The van der Waals surface area contributed by atoms with Crippen LogP contribution in [0.15, 0.2) is 36.7 Å². The predicted octanol–water partition coefficient (Wildman–Crippen LogP) is 1.22. The molecule has 0 aliphatic heterocycles. The Morgan fingerprint density at radius 3 is 2.75 bits per heavy atom. The molecule has 1 heterocycles. The van der Waals surface area contributed by atoms with Crippen molar-refractivity contribution in [3.05, 3.63) is 48.0 Å². The summed E-state index contributed by atoms with van der Waals surface area (Å²) in [6, 6.07) is 10.4. The second-order valence-corrected chi connectivity index (χ2v) is 4.04. The van der Waals surface area contributed by atoms with Crippen molar-refractivity contribution >= 4 is 0 Å². The normalized spacial score (nSPS) is 12.6. The van der Waals surface area contributed by atoms with Crippen LogP contribution in [0.1, 0.15) is 18.3 Å². The Bertz CT molecular complexity index is 433. The summed E-state index contributed by atoms with van der Waals surface area (Å²) >= 11 is 0. The third-order valence-electron chi connectivity index (χ3n) is 2.40. The van der Waals surface area contributed by atoms with Crippen LogP contribution in [0.2, 0.25) is 0 Å². The van der Waals surface area contributed by atoms with E-state index in [4.69, 9.17) is 5.73 Å². The van der Waals surface area contributed by atoms with Gasteiger partial charge < -0.3 is 10.3 Å². The molecule has 2 rings (SSSR count). The van der Waals surface area contributed by atoms with Crippen LogP contribution < -0.4 is 5.73 Å². The molecule has 0 fully saturated rings. The van der Waals surface area contributed by atoms with Gasteiger partial charge >= 0.3 is 0 Å². The predicted molar refractivity (Wildman–Crippen MR) is 62.9 cm³/mol. The first kappa shape index (κ1) is 10.8. The average Bonchev–Trinajstić information content (AvgIpc) is 2.66. The number of aromatic nitrogens is 3. The van der Waals surface area contributed by atoms with E-state index in [1.165, 1.54) is 5.56 Å². The molecule has 2 N–H and O–H groups in total. The molecule has 16 heavy (non-hydrogen) atoms. The zero-order valence-electron chi connectivity index (χ0n) is 9.37. The monoisotopic (exact) mass is 216 g/mol. The number of rotatable bonds is 4. The van der Waals surface area contributed by atoms with E-state index in [2.05, 4.69) is 22.3 Å². The zero-order chi connectivity index (χ0) is 11.4. The van der Waals surface area contributed by atoms with Crippen LogP contribution in [-0.4, -0.2) is 20.8 Å². The van der Waals surface area contributed by atoms with Gasteiger partial charge in [0.1, 0.15) is 12.2 Å². The summed E-state index contributed by atoms with van der Waals surface area (Å²) < 4.78 is 2.04. The summed E-state index contributed by atoms with van der Waals surface area (Å²) in [5, 5.41) is 8.01. The van der Waals surface area contributed by atoms with Gasteiger partial charge in [0, 0.05) is 12.5 Å². The molecule has 1 aromatic heterocycles. The Balaban J connectivity index is 2.13. The van der Waals surface area contributed by atoms with Gasteiger partial charge in [-0.05, 0) is 12.5 Å². The van der Waals surface area contributed by atoms with E-state index in [0.717, 1.165) is 18.8 Å². The highest BCUT2D eigenvalue weighted by atomic mass is 15.3. The topological polar surface area (TPSA) is 56.7 Å².